The number of alkyl halides is 1. The van der Waals surface area contributed by atoms with Crippen molar-refractivity contribution in [3.8, 4) is 0 Å². The Kier molecular flexibility index (Phi) is 5.20. The minimum Gasteiger partial charge on any atom is -0.347 e. The van der Waals surface area contributed by atoms with Crippen LogP contribution in [0.3, 0.4) is 0 Å². The van der Waals surface area contributed by atoms with Gasteiger partial charge in [0, 0.05) is 19.8 Å². The first-order chi connectivity index (χ1) is 8.15. The SMILES string of the molecule is COS(=O)c1ccccc1C(CF)(OC)OC. The van der Waals surface area contributed by atoms with Crippen LogP contribution < -0.4 is 0 Å². The van der Waals surface area contributed by atoms with Gasteiger partial charge in [0.05, 0.1) is 12.0 Å². The highest BCUT2D eigenvalue weighted by molar-refractivity contribution is 7.80. The molecule has 1 aromatic carbocycles. The standard InChI is InChI=1S/C11H15FO4S/c1-14-11(8-12,15-2)9-6-4-5-7-10(9)17(13)16-3/h4-7H,8H2,1-3H3. The molecule has 4 nitrogen and oxygen atoms in total. The van der Waals surface area contributed by atoms with Crippen molar-refractivity contribution in [3.63, 3.8) is 0 Å². The summed E-state index contributed by atoms with van der Waals surface area (Å²) in [7, 11) is 3.97. The molecule has 0 saturated carbocycles. The van der Waals surface area contributed by atoms with Gasteiger partial charge in [-0.1, -0.05) is 18.2 Å². The summed E-state index contributed by atoms with van der Waals surface area (Å²) in [4.78, 5) is 0.330. The molecule has 1 rings (SSSR count). The summed E-state index contributed by atoms with van der Waals surface area (Å²) in [6, 6.07) is 6.55. The molecule has 0 heterocycles. The summed E-state index contributed by atoms with van der Waals surface area (Å²) in [5.74, 6) is -1.55. The Hall–Kier alpha value is -0.820. The van der Waals surface area contributed by atoms with Crippen LogP contribution in [0.1, 0.15) is 5.56 Å². The van der Waals surface area contributed by atoms with Crippen molar-refractivity contribution >= 4 is 11.1 Å². The molecule has 1 unspecified atom stereocenters. The molecule has 0 fully saturated rings. The molecule has 6 heteroatoms. The lowest BCUT2D eigenvalue weighted by Crippen LogP contribution is -2.34. The van der Waals surface area contributed by atoms with E-state index < -0.39 is 23.5 Å². The fourth-order valence-electron chi connectivity index (χ4n) is 1.50. The molecule has 0 aliphatic carbocycles. The Morgan fingerprint density at radius 3 is 2.29 bits per heavy atom. The van der Waals surface area contributed by atoms with Crippen LogP contribution in [0.15, 0.2) is 29.2 Å². The van der Waals surface area contributed by atoms with Gasteiger partial charge in [0.15, 0.2) is 11.1 Å². The lowest BCUT2D eigenvalue weighted by atomic mass is 10.1. The van der Waals surface area contributed by atoms with Gasteiger partial charge in [-0.05, 0) is 6.07 Å². The van der Waals surface area contributed by atoms with E-state index in [1.54, 1.807) is 24.3 Å². The van der Waals surface area contributed by atoms with Gasteiger partial charge in [0.25, 0.3) is 0 Å². The molecule has 0 radical (unpaired) electrons. The summed E-state index contributed by atoms with van der Waals surface area (Å²) < 4.78 is 39.7. The van der Waals surface area contributed by atoms with Crippen molar-refractivity contribution < 1.29 is 22.3 Å². The van der Waals surface area contributed by atoms with Crippen molar-refractivity contribution in [1.29, 1.82) is 0 Å². The molecule has 0 saturated heterocycles. The van der Waals surface area contributed by atoms with Crippen LogP contribution in [0.5, 0.6) is 0 Å². The zero-order valence-electron chi connectivity index (χ0n) is 9.94. The molecule has 0 N–H and O–H groups in total. The largest absolute Gasteiger partial charge is 0.347 e. The van der Waals surface area contributed by atoms with E-state index in [4.69, 9.17) is 13.7 Å². The molecule has 96 valence electrons. The molecule has 1 aromatic rings. The number of halogens is 1. The summed E-state index contributed by atoms with van der Waals surface area (Å²) in [6.07, 6.45) is 0. The average Bonchev–Trinajstić information content (AvgIpc) is 2.41. The zero-order chi connectivity index (χ0) is 12.9. The zero-order valence-corrected chi connectivity index (χ0v) is 10.8. The van der Waals surface area contributed by atoms with Crippen LogP contribution in [0.25, 0.3) is 0 Å². The van der Waals surface area contributed by atoms with Gasteiger partial charge in [-0.25, -0.2) is 8.60 Å². The molecule has 0 aromatic heterocycles. The molecule has 1 atom stereocenters. The van der Waals surface area contributed by atoms with Gasteiger partial charge in [0.1, 0.15) is 6.67 Å². The fourth-order valence-corrected chi connectivity index (χ4v) is 2.27. The van der Waals surface area contributed by atoms with Crippen molar-refractivity contribution in [1.82, 2.24) is 0 Å². The lowest BCUT2D eigenvalue weighted by molar-refractivity contribution is -0.226. The Bertz CT molecular complexity index is 385. The molecular formula is C11H15FO4S. The monoisotopic (exact) mass is 262 g/mol. The van der Waals surface area contributed by atoms with Crippen molar-refractivity contribution in [2.75, 3.05) is 28.0 Å². The number of benzene rings is 1. The highest BCUT2D eigenvalue weighted by atomic mass is 32.2. The first-order valence-electron chi connectivity index (χ1n) is 4.87. The van der Waals surface area contributed by atoms with Crippen LogP contribution >= 0.6 is 0 Å². The smallest absolute Gasteiger partial charge is 0.225 e. The second kappa shape index (κ2) is 6.20. The number of methoxy groups -OCH3 is 2. The maximum Gasteiger partial charge on any atom is 0.225 e. The van der Waals surface area contributed by atoms with Gasteiger partial charge in [-0.15, -0.1) is 0 Å². The number of hydrogen-bond donors (Lipinski definition) is 0. The molecule has 0 amide bonds. The average molecular weight is 262 g/mol. The van der Waals surface area contributed by atoms with Gasteiger partial charge in [0.2, 0.25) is 5.79 Å². The Morgan fingerprint density at radius 2 is 1.82 bits per heavy atom. The third-order valence-electron chi connectivity index (χ3n) is 2.46. The Labute approximate surface area is 102 Å². The van der Waals surface area contributed by atoms with Crippen LogP contribution in [0.2, 0.25) is 0 Å². The van der Waals surface area contributed by atoms with E-state index in [2.05, 4.69) is 0 Å². The van der Waals surface area contributed by atoms with E-state index in [-0.39, 0.29) is 0 Å². The maximum atomic E-state index is 13.2. The van der Waals surface area contributed by atoms with Crippen molar-refractivity contribution in [2.24, 2.45) is 0 Å². The molecule has 0 spiro atoms. The van der Waals surface area contributed by atoms with Crippen molar-refractivity contribution in [2.45, 2.75) is 10.7 Å². The van der Waals surface area contributed by atoms with Gasteiger partial charge in [-0.3, -0.25) is 4.18 Å². The lowest BCUT2D eigenvalue weighted by Gasteiger charge is -2.29. The summed E-state index contributed by atoms with van der Waals surface area (Å²) in [5.41, 5.74) is 0.354. The highest BCUT2D eigenvalue weighted by Gasteiger charge is 2.35. The predicted octanol–water partition coefficient (Wildman–Crippen LogP) is 1.77. The third-order valence-corrected chi connectivity index (χ3v) is 3.48. The summed E-state index contributed by atoms with van der Waals surface area (Å²) >= 11 is -1.68. The minimum atomic E-state index is -1.68. The minimum absolute atomic E-state index is 0.330. The number of ether oxygens (including phenoxy) is 2. The Balaban J connectivity index is 3.33. The van der Waals surface area contributed by atoms with E-state index in [1.807, 2.05) is 0 Å². The second-order valence-electron chi connectivity index (χ2n) is 3.19. The molecule has 0 aliphatic rings. The fraction of sp³-hybridized carbons (Fsp3) is 0.455. The topological polar surface area (TPSA) is 44.8 Å². The summed E-state index contributed by atoms with van der Waals surface area (Å²) in [5, 5.41) is 0. The second-order valence-corrected chi connectivity index (χ2v) is 4.43. The van der Waals surface area contributed by atoms with E-state index in [0.29, 0.717) is 10.5 Å². The maximum absolute atomic E-state index is 13.2. The van der Waals surface area contributed by atoms with Gasteiger partial charge < -0.3 is 9.47 Å². The van der Waals surface area contributed by atoms with E-state index >= 15 is 0 Å². The third kappa shape index (κ3) is 2.71. The molecular weight excluding hydrogens is 247 g/mol. The molecule has 0 aliphatic heterocycles. The van der Waals surface area contributed by atoms with Crippen LogP contribution in [0.4, 0.5) is 4.39 Å². The van der Waals surface area contributed by atoms with Crippen molar-refractivity contribution in [3.05, 3.63) is 29.8 Å². The van der Waals surface area contributed by atoms with E-state index in [0.717, 1.165) is 0 Å². The van der Waals surface area contributed by atoms with E-state index in [9.17, 15) is 8.60 Å². The van der Waals surface area contributed by atoms with Crippen LogP contribution in [-0.4, -0.2) is 32.2 Å². The normalized spacial score (nSPS) is 13.6. The highest BCUT2D eigenvalue weighted by Crippen LogP contribution is 2.31. The number of rotatable bonds is 6. The molecule has 17 heavy (non-hydrogen) atoms. The van der Waals surface area contributed by atoms with Crippen LogP contribution in [0, 0.1) is 0 Å². The summed E-state index contributed by atoms with van der Waals surface area (Å²) in [6.45, 7) is -0.891. The first kappa shape index (κ1) is 14.2. The quantitative estimate of drug-likeness (QED) is 0.733. The molecule has 0 bridgehead atoms. The number of hydrogen-bond acceptors (Lipinski definition) is 4. The Morgan fingerprint density at radius 1 is 1.24 bits per heavy atom. The van der Waals surface area contributed by atoms with Crippen LogP contribution in [-0.2, 0) is 30.5 Å². The first-order valence-corrected chi connectivity index (χ1v) is 5.94. The van der Waals surface area contributed by atoms with Gasteiger partial charge in [-0.2, -0.15) is 0 Å². The predicted molar refractivity (Wildman–Crippen MR) is 61.5 cm³/mol. The van der Waals surface area contributed by atoms with E-state index in [1.165, 1.54) is 21.3 Å². The van der Waals surface area contributed by atoms with Gasteiger partial charge >= 0.3 is 0 Å².